The molecule has 1 aromatic carbocycles. The van der Waals surface area contributed by atoms with Gasteiger partial charge in [0.05, 0.1) is 12.3 Å². The molecule has 1 saturated carbocycles. The summed E-state index contributed by atoms with van der Waals surface area (Å²) in [6.07, 6.45) is 8.30. The number of rotatable bonds is 6. The van der Waals surface area contributed by atoms with Crippen LogP contribution in [0.15, 0.2) is 54.2 Å². The smallest absolute Gasteiger partial charge is 0.188 e. The van der Waals surface area contributed by atoms with Gasteiger partial charge in [-0.05, 0) is 37.8 Å². The van der Waals surface area contributed by atoms with Gasteiger partial charge in [0.2, 0.25) is 0 Å². The van der Waals surface area contributed by atoms with Crippen LogP contribution in [-0.4, -0.2) is 16.1 Å². The number of anilines is 2. The first-order valence-electron chi connectivity index (χ1n) is 8.43. The van der Waals surface area contributed by atoms with Crippen LogP contribution in [-0.2, 0) is 0 Å². The van der Waals surface area contributed by atoms with Crippen molar-refractivity contribution in [2.45, 2.75) is 31.8 Å². The first kappa shape index (κ1) is 15.9. The Morgan fingerprint density at radius 1 is 1.04 bits per heavy atom. The molecule has 1 N–H and O–H groups in total. The number of thiazole rings is 1. The van der Waals surface area contributed by atoms with E-state index < -0.39 is 0 Å². The standard InChI is InChI=1S/C19H19N3O2S/c1-2-6-14(7-3-1)23-16-12-17(24-15-8-4-5-9-15)18(21-13-16)22-19-20-10-11-25-19/h1-3,6-7,10-13,15H,4-5,8-9H2,(H,20,21,22). The number of para-hydroxylation sites is 1. The first-order chi connectivity index (χ1) is 12.4. The number of nitrogens with zero attached hydrogens (tertiary/aromatic N) is 2. The fraction of sp³-hybridized carbons (Fsp3) is 0.263. The largest absolute Gasteiger partial charge is 0.486 e. The lowest BCUT2D eigenvalue weighted by Gasteiger charge is -2.17. The molecule has 25 heavy (non-hydrogen) atoms. The molecule has 0 aliphatic heterocycles. The Hall–Kier alpha value is -2.60. The van der Waals surface area contributed by atoms with Crippen LogP contribution in [0.25, 0.3) is 0 Å². The van der Waals surface area contributed by atoms with Gasteiger partial charge in [-0.2, -0.15) is 0 Å². The third-order valence-corrected chi connectivity index (χ3v) is 4.75. The molecule has 0 radical (unpaired) electrons. The van der Waals surface area contributed by atoms with Crippen LogP contribution in [0.4, 0.5) is 10.9 Å². The van der Waals surface area contributed by atoms with E-state index in [1.54, 1.807) is 12.4 Å². The number of hydrogen-bond acceptors (Lipinski definition) is 6. The molecule has 0 bridgehead atoms. The SMILES string of the molecule is c1ccc(Oc2cnc(Nc3nccs3)c(OC3CCCC3)c2)cc1. The van der Waals surface area contributed by atoms with Gasteiger partial charge in [-0.25, -0.2) is 9.97 Å². The minimum absolute atomic E-state index is 0.241. The normalized spacial score (nSPS) is 14.4. The highest BCUT2D eigenvalue weighted by atomic mass is 32.1. The van der Waals surface area contributed by atoms with E-state index in [1.165, 1.54) is 24.2 Å². The molecule has 1 fully saturated rings. The molecule has 1 aliphatic rings. The summed E-state index contributed by atoms with van der Waals surface area (Å²) in [5, 5.41) is 5.95. The molecular formula is C19H19N3O2S. The zero-order valence-corrected chi connectivity index (χ0v) is 14.5. The number of pyridine rings is 1. The summed E-state index contributed by atoms with van der Waals surface area (Å²) in [5.41, 5.74) is 0. The van der Waals surface area contributed by atoms with Gasteiger partial charge in [0.15, 0.2) is 16.7 Å². The number of hydrogen-bond donors (Lipinski definition) is 1. The molecule has 5 nitrogen and oxygen atoms in total. The molecule has 1 aliphatic carbocycles. The lowest BCUT2D eigenvalue weighted by molar-refractivity contribution is 0.210. The Labute approximate surface area is 150 Å². The number of nitrogens with one attached hydrogen (secondary N) is 1. The molecule has 4 rings (SSSR count). The lowest BCUT2D eigenvalue weighted by atomic mass is 10.3. The van der Waals surface area contributed by atoms with Crippen molar-refractivity contribution < 1.29 is 9.47 Å². The topological polar surface area (TPSA) is 56.3 Å². The van der Waals surface area contributed by atoms with Gasteiger partial charge in [0.25, 0.3) is 0 Å². The highest BCUT2D eigenvalue weighted by Gasteiger charge is 2.19. The monoisotopic (exact) mass is 353 g/mol. The molecule has 0 amide bonds. The zero-order valence-electron chi connectivity index (χ0n) is 13.7. The molecule has 0 saturated heterocycles. The number of benzene rings is 1. The van der Waals surface area contributed by atoms with Crippen molar-refractivity contribution in [1.29, 1.82) is 0 Å². The Balaban J connectivity index is 1.58. The van der Waals surface area contributed by atoms with Crippen molar-refractivity contribution in [2.75, 3.05) is 5.32 Å². The minimum atomic E-state index is 0.241. The van der Waals surface area contributed by atoms with Crippen molar-refractivity contribution in [1.82, 2.24) is 9.97 Å². The average Bonchev–Trinajstić information content (AvgIpc) is 3.32. The average molecular weight is 353 g/mol. The molecule has 2 aromatic heterocycles. The van der Waals surface area contributed by atoms with Crippen LogP contribution < -0.4 is 14.8 Å². The van der Waals surface area contributed by atoms with Gasteiger partial charge < -0.3 is 14.8 Å². The van der Waals surface area contributed by atoms with E-state index in [9.17, 15) is 0 Å². The van der Waals surface area contributed by atoms with Crippen molar-refractivity contribution >= 4 is 22.3 Å². The van der Waals surface area contributed by atoms with E-state index in [0.717, 1.165) is 23.7 Å². The van der Waals surface area contributed by atoms with E-state index in [0.29, 0.717) is 17.3 Å². The van der Waals surface area contributed by atoms with E-state index in [4.69, 9.17) is 9.47 Å². The maximum Gasteiger partial charge on any atom is 0.188 e. The summed E-state index contributed by atoms with van der Waals surface area (Å²) < 4.78 is 12.1. The second-order valence-electron chi connectivity index (χ2n) is 5.92. The second-order valence-corrected chi connectivity index (χ2v) is 6.81. The maximum absolute atomic E-state index is 6.21. The van der Waals surface area contributed by atoms with Gasteiger partial charge in [0.1, 0.15) is 11.5 Å². The Morgan fingerprint density at radius 2 is 1.88 bits per heavy atom. The Bertz CT molecular complexity index is 803. The van der Waals surface area contributed by atoms with E-state index in [-0.39, 0.29) is 6.10 Å². The Kier molecular flexibility index (Phi) is 4.79. The third-order valence-electron chi connectivity index (χ3n) is 4.06. The predicted octanol–water partition coefficient (Wildman–Crippen LogP) is 5.40. The molecule has 0 atom stereocenters. The third kappa shape index (κ3) is 4.09. The Morgan fingerprint density at radius 3 is 2.64 bits per heavy atom. The van der Waals surface area contributed by atoms with Crippen LogP contribution in [0, 0.1) is 0 Å². The van der Waals surface area contributed by atoms with E-state index in [2.05, 4.69) is 15.3 Å². The van der Waals surface area contributed by atoms with E-state index >= 15 is 0 Å². The van der Waals surface area contributed by atoms with Crippen molar-refractivity contribution in [3.8, 4) is 17.2 Å². The summed E-state index contributed by atoms with van der Waals surface area (Å²) in [6, 6.07) is 11.6. The molecule has 2 heterocycles. The van der Waals surface area contributed by atoms with Crippen molar-refractivity contribution in [3.63, 3.8) is 0 Å². The van der Waals surface area contributed by atoms with Gasteiger partial charge >= 0.3 is 0 Å². The van der Waals surface area contributed by atoms with Crippen molar-refractivity contribution in [2.24, 2.45) is 0 Å². The highest BCUT2D eigenvalue weighted by molar-refractivity contribution is 7.13. The molecule has 0 unspecified atom stereocenters. The van der Waals surface area contributed by atoms with Crippen molar-refractivity contribution in [3.05, 3.63) is 54.2 Å². The van der Waals surface area contributed by atoms with Gasteiger partial charge in [-0.3, -0.25) is 0 Å². The fourth-order valence-corrected chi connectivity index (χ4v) is 3.39. The van der Waals surface area contributed by atoms with Gasteiger partial charge in [0, 0.05) is 17.6 Å². The summed E-state index contributed by atoms with van der Waals surface area (Å²) in [4.78, 5) is 8.75. The summed E-state index contributed by atoms with van der Waals surface area (Å²) in [5.74, 6) is 2.80. The molecular weight excluding hydrogens is 334 g/mol. The van der Waals surface area contributed by atoms with Gasteiger partial charge in [-0.15, -0.1) is 11.3 Å². The summed E-state index contributed by atoms with van der Waals surface area (Å²) in [6.45, 7) is 0. The minimum Gasteiger partial charge on any atom is -0.486 e. The van der Waals surface area contributed by atoms with E-state index in [1.807, 2.05) is 41.8 Å². The molecule has 128 valence electrons. The summed E-state index contributed by atoms with van der Waals surface area (Å²) in [7, 11) is 0. The predicted molar refractivity (Wildman–Crippen MR) is 99.0 cm³/mol. The summed E-state index contributed by atoms with van der Waals surface area (Å²) >= 11 is 1.53. The first-order valence-corrected chi connectivity index (χ1v) is 9.31. The molecule has 0 spiro atoms. The molecule has 6 heteroatoms. The highest BCUT2D eigenvalue weighted by Crippen LogP contribution is 2.34. The van der Waals surface area contributed by atoms with Crippen LogP contribution in [0.3, 0.4) is 0 Å². The second kappa shape index (κ2) is 7.53. The fourth-order valence-electron chi connectivity index (χ4n) is 2.86. The van der Waals surface area contributed by atoms with Crippen LogP contribution in [0.2, 0.25) is 0 Å². The maximum atomic E-state index is 6.21. The van der Waals surface area contributed by atoms with Crippen LogP contribution >= 0.6 is 11.3 Å². The molecule has 3 aromatic rings. The number of aromatic nitrogens is 2. The number of ether oxygens (including phenoxy) is 2. The van der Waals surface area contributed by atoms with Gasteiger partial charge in [-0.1, -0.05) is 18.2 Å². The lowest BCUT2D eigenvalue weighted by Crippen LogP contribution is -2.12. The zero-order chi connectivity index (χ0) is 16.9. The quantitative estimate of drug-likeness (QED) is 0.643. The van der Waals surface area contributed by atoms with Crippen LogP contribution in [0.5, 0.6) is 17.2 Å². The van der Waals surface area contributed by atoms with Crippen LogP contribution in [0.1, 0.15) is 25.7 Å².